The standard InChI is InChI=1S/C36H39N5O3/c1-36(2,3)27-14-16-28(17-15-27)41-29(22-32(40-41)26-21-25-8-4-6-10-31(25)38-23-26)9-5-7-11-34(43)39-33(35(37)44)20-24-12-18-30(42)19-13-24/h4,6,8,10,12-19,21-23,33,42H,5,7,9,11,20H2,1-3H3,(H2,37,44)(H,39,43)/t33-/m0/s1. The zero-order valence-electron chi connectivity index (χ0n) is 25.5. The summed E-state index contributed by atoms with van der Waals surface area (Å²) in [5, 5.41) is 18.3. The van der Waals surface area contributed by atoms with E-state index in [0.29, 0.717) is 6.42 Å². The zero-order chi connectivity index (χ0) is 31.3. The monoisotopic (exact) mass is 589 g/mol. The second-order valence-electron chi connectivity index (χ2n) is 12.2. The van der Waals surface area contributed by atoms with Crippen LogP contribution in [0.4, 0.5) is 0 Å². The molecule has 0 unspecified atom stereocenters. The average Bonchev–Trinajstić information content (AvgIpc) is 3.43. The number of nitrogens with two attached hydrogens (primary N) is 1. The molecule has 0 radical (unpaired) electrons. The highest BCUT2D eigenvalue weighted by Gasteiger charge is 2.19. The van der Waals surface area contributed by atoms with Gasteiger partial charge in [-0.1, -0.05) is 63.2 Å². The first-order valence-electron chi connectivity index (χ1n) is 15.0. The summed E-state index contributed by atoms with van der Waals surface area (Å²) in [5.41, 5.74) is 12.4. The van der Waals surface area contributed by atoms with Gasteiger partial charge in [-0.15, -0.1) is 0 Å². The van der Waals surface area contributed by atoms with Crippen LogP contribution in [0.5, 0.6) is 5.75 Å². The van der Waals surface area contributed by atoms with Gasteiger partial charge in [0.1, 0.15) is 11.8 Å². The number of carbonyl (C=O) groups excluding carboxylic acids is 2. The molecule has 8 heteroatoms. The number of hydrogen-bond acceptors (Lipinski definition) is 5. The van der Waals surface area contributed by atoms with Crippen molar-refractivity contribution in [1.29, 1.82) is 0 Å². The predicted molar refractivity (Wildman–Crippen MR) is 173 cm³/mol. The molecular formula is C36H39N5O3. The Balaban J connectivity index is 1.28. The maximum Gasteiger partial charge on any atom is 0.240 e. The van der Waals surface area contributed by atoms with Crippen LogP contribution in [0.2, 0.25) is 0 Å². The molecule has 0 fully saturated rings. The molecule has 0 aliphatic heterocycles. The molecule has 2 heterocycles. The summed E-state index contributed by atoms with van der Waals surface area (Å²) in [6.07, 6.45) is 4.51. The number of aromatic hydroxyl groups is 1. The first-order chi connectivity index (χ1) is 21.1. The van der Waals surface area contributed by atoms with E-state index in [4.69, 9.17) is 10.8 Å². The number of phenols is 1. The SMILES string of the molecule is CC(C)(C)c1ccc(-n2nc(-c3cnc4ccccc4c3)cc2CCCCC(=O)N[C@@H](Cc2ccc(O)cc2)C(N)=O)cc1. The van der Waals surface area contributed by atoms with Crippen molar-refractivity contribution in [2.24, 2.45) is 5.73 Å². The second-order valence-corrected chi connectivity index (χ2v) is 12.2. The van der Waals surface area contributed by atoms with E-state index in [9.17, 15) is 14.7 Å². The van der Waals surface area contributed by atoms with Crippen LogP contribution < -0.4 is 11.1 Å². The van der Waals surface area contributed by atoms with Crippen LogP contribution in [0.3, 0.4) is 0 Å². The Labute approximate surface area is 257 Å². The summed E-state index contributed by atoms with van der Waals surface area (Å²) < 4.78 is 1.98. The van der Waals surface area contributed by atoms with Crippen molar-refractivity contribution < 1.29 is 14.7 Å². The smallest absolute Gasteiger partial charge is 0.240 e. The van der Waals surface area contributed by atoms with Gasteiger partial charge in [0.05, 0.1) is 16.9 Å². The molecule has 8 nitrogen and oxygen atoms in total. The van der Waals surface area contributed by atoms with Crippen molar-refractivity contribution in [2.75, 3.05) is 0 Å². The van der Waals surface area contributed by atoms with Crippen molar-refractivity contribution in [3.8, 4) is 22.7 Å². The molecule has 226 valence electrons. The number of nitrogens with one attached hydrogen (secondary N) is 1. The van der Waals surface area contributed by atoms with Crippen molar-refractivity contribution in [3.63, 3.8) is 0 Å². The van der Waals surface area contributed by atoms with Crippen molar-refractivity contribution in [3.05, 3.63) is 108 Å². The van der Waals surface area contributed by atoms with Crippen LogP contribution in [0.1, 0.15) is 56.9 Å². The molecule has 4 N–H and O–H groups in total. The Kier molecular flexibility index (Phi) is 9.09. The number of benzene rings is 3. The summed E-state index contributed by atoms with van der Waals surface area (Å²) in [7, 11) is 0. The van der Waals surface area contributed by atoms with E-state index in [2.05, 4.69) is 67.5 Å². The molecule has 0 aliphatic carbocycles. The second kappa shape index (κ2) is 13.1. The molecule has 0 spiro atoms. The van der Waals surface area contributed by atoms with Gasteiger partial charge in [-0.3, -0.25) is 14.6 Å². The lowest BCUT2D eigenvalue weighted by Gasteiger charge is -2.19. The lowest BCUT2D eigenvalue weighted by molar-refractivity contribution is -0.127. The third-order valence-corrected chi connectivity index (χ3v) is 7.79. The molecule has 1 atom stereocenters. The fourth-order valence-electron chi connectivity index (χ4n) is 5.22. The first kappa shape index (κ1) is 30.5. The number of unbranched alkanes of at least 4 members (excludes halogenated alkanes) is 1. The molecule has 2 aromatic heterocycles. The van der Waals surface area contributed by atoms with E-state index < -0.39 is 11.9 Å². The van der Waals surface area contributed by atoms with E-state index in [0.717, 1.165) is 51.9 Å². The van der Waals surface area contributed by atoms with Crippen molar-refractivity contribution >= 4 is 22.7 Å². The number of fused-ring (bicyclic) bond motifs is 1. The van der Waals surface area contributed by atoms with Crippen LogP contribution in [-0.2, 0) is 27.8 Å². The molecule has 44 heavy (non-hydrogen) atoms. The Morgan fingerprint density at radius 2 is 1.68 bits per heavy atom. The van der Waals surface area contributed by atoms with E-state index in [1.807, 2.05) is 35.1 Å². The average molecular weight is 590 g/mol. The highest BCUT2D eigenvalue weighted by atomic mass is 16.3. The molecule has 5 aromatic rings. The van der Waals surface area contributed by atoms with Gasteiger partial charge in [0, 0.05) is 35.7 Å². The van der Waals surface area contributed by atoms with Gasteiger partial charge >= 0.3 is 0 Å². The van der Waals surface area contributed by atoms with Gasteiger partial charge in [0.25, 0.3) is 0 Å². The molecule has 0 bridgehead atoms. The van der Waals surface area contributed by atoms with Gasteiger partial charge < -0.3 is 16.2 Å². The number of nitrogens with zero attached hydrogens (tertiary/aromatic N) is 3. The predicted octanol–water partition coefficient (Wildman–Crippen LogP) is 6.02. The Morgan fingerprint density at radius 1 is 0.955 bits per heavy atom. The number of amides is 2. The number of phenolic OH excluding ortho intramolecular Hbond substituents is 1. The van der Waals surface area contributed by atoms with Crippen LogP contribution in [0, 0.1) is 0 Å². The quantitative estimate of drug-likeness (QED) is 0.163. The minimum atomic E-state index is -0.817. The molecule has 5 rings (SSSR count). The van der Waals surface area contributed by atoms with Crippen LogP contribution >= 0.6 is 0 Å². The molecule has 0 saturated heterocycles. The van der Waals surface area contributed by atoms with Crippen LogP contribution in [0.15, 0.2) is 91.1 Å². The lowest BCUT2D eigenvalue weighted by Crippen LogP contribution is -2.45. The fraction of sp³-hybridized carbons (Fsp3) is 0.278. The van der Waals surface area contributed by atoms with E-state index in [-0.39, 0.29) is 29.9 Å². The summed E-state index contributed by atoms with van der Waals surface area (Å²) in [4.78, 5) is 29.4. The third-order valence-electron chi connectivity index (χ3n) is 7.79. The molecule has 0 aliphatic rings. The highest BCUT2D eigenvalue weighted by Crippen LogP contribution is 2.27. The molecule has 2 amide bonds. The normalized spacial score (nSPS) is 12.2. The van der Waals surface area contributed by atoms with Gasteiger partial charge in [0.15, 0.2) is 0 Å². The number of aromatic nitrogens is 3. The summed E-state index contributed by atoms with van der Waals surface area (Å²) in [5.74, 6) is -0.678. The van der Waals surface area contributed by atoms with Crippen molar-refractivity contribution in [2.45, 2.75) is 64.3 Å². The Hall–Kier alpha value is -4.98. The topological polar surface area (TPSA) is 123 Å². The number of pyridine rings is 1. The van der Waals surface area contributed by atoms with E-state index in [1.54, 1.807) is 24.3 Å². The number of primary amides is 1. The number of rotatable bonds is 11. The maximum atomic E-state index is 12.7. The van der Waals surface area contributed by atoms with Crippen molar-refractivity contribution in [1.82, 2.24) is 20.1 Å². The van der Waals surface area contributed by atoms with Crippen LogP contribution in [-0.4, -0.2) is 37.7 Å². The van der Waals surface area contributed by atoms with Gasteiger partial charge in [0.2, 0.25) is 11.8 Å². The summed E-state index contributed by atoms with van der Waals surface area (Å²) >= 11 is 0. The fourth-order valence-corrected chi connectivity index (χ4v) is 5.22. The zero-order valence-corrected chi connectivity index (χ0v) is 25.5. The highest BCUT2D eigenvalue weighted by molar-refractivity contribution is 5.87. The Bertz CT molecular complexity index is 1750. The van der Waals surface area contributed by atoms with Gasteiger partial charge in [-0.2, -0.15) is 5.10 Å². The largest absolute Gasteiger partial charge is 0.508 e. The number of para-hydroxylation sites is 1. The van der Waals surface area contributed by atoms with Crippen LogP contribution in [0.25, 0.3) is 27.8 Å². The summed E-state index contributed by atoms with van der Waals surface area (Å²) in [6.45, 7) is 6.59. The minimum Gasteiger partial charge on any atom is -0.508 e. The minimum absolute atomic E-state index is 0.0472. The lowest BCUT2D eigenvalue weighted by atomic mass is 9.87. The van der Waals surface area contributed by atoms with E-state index >= 15 is 0 Å². The number of aryl methyl sites for hydroxylation is 1. The van der Waals surface area contributed by atoms with E-state index in [1.165, 1.54) is 5.56 Å². The maximum absolute atomic E-state index is 12.7. The Morgan fingerprint density at radius 3 is 2.39 bits per heavy atom. The molecule has 0 saturated carbocycles. The number of carbonyl (C=O) groups is 2. The first-order valence-corrected chi connectivity index (χ1v) is 15.0. The molecular weight excluding hydrogens is 550 g/mol. The van der Waals surface area contributed by atoms with Gasteiger partial charge in [-0.05, 0) is 78.3 Å². The number of hydrogen-bond donors (Lipinski definition) is 3. The third kappa shape index (κ3) is 7.50. The summed E-state index contributed by atoms with van der Waals surface area (Å²) in [6, 6.07) is 26.4. The van der Waals surface area contributed by atoms with Gasteiger partial charge in [-0.25, -0.2) is 4.68 Å². The molecule has 3 aromatic carbocycles.